The minimum Gasteiger partial charge on any atom is -0.144 e. The van der Waals surface area contributed by atoms with Gasteiger partial charge in [-0.3, -0.25) is 0 Å². The maximum atomic E-state index is 2.49. The lowest BCUT2D eigenvalue weighted by Crippen LogP contribution is -1.99. The second-order valence-electron chi connectivity index (χ2n) is 9.70. The zero-order chi connectivity index (χ0) is 24.8. The monoisotopic (exact) mass is 594 g/mol. The van der Waals surface area contributed by atoms with Crippen LogP contribution in [-0.2, 0) is 6.42 Å². The van der Waals surface area contributed by atoms with E-state index in [4.69, 9.17) is 0 Å². The zero-order valence-electron chi connectivity index (χ0n) is 19.9. The minimum absolute atomic E-state index is 0.346. The standard InChI is InChI=1S/C32H18S6/c1-4-28-21(18-7-10-33-25(1)18)13-17(36-28)14-24(31-15-22-19-8-11-34-26(19)2-5-29(22)37-31)32-16-23-20-9-12-35-27(20)3-6-30(23)38-32/h1-13,15-16,24H,14H2. The Labute approximate surface area is 242 Å². The molecule has 0 bridgehead atoms. The second kappa shape index (κ2) is 8.46. The summed E-state index contributed by atoms with van der Waals surface area (Å²) in [7, 11) is 0. The van der Waals surface area contributed by atoms with E-state index in [0.29, 0.717) is 5.92 Å². The van der Waals surface area contributed by atoms with Gasteiger partial charge in [0.1, 0.15) is 0 Å². The number of fused-ring (bicyclic) bond motifs is 9. The van der Waals surface area contributed by atoms with Gasteiger partial charge in [0.15, 0.2) is 0 Å². The van der Waals surface area contributed by atoms with Crippen LogP contribution in [0.2, 0.25) is 0 Å². The van der Waals surface area contributed by atoms with Gasteiger partial charge in [0.25, 0.3) is 0 Å². The zero-order valence-corrected chi connectivity index (χ0v) is 24.8. The molecule has 0 amide bonds. The predicted octanol–water partition coefficient (Wildman–Crippen LogP) is 12.3. The Hall–Kier alpha value is -2.58. The molecule has 6 heteroatoms. The van der Waals surface area contributed by atoms with Crippen LogP contribution in [0.5, 0.6) is 0 Å². The van der Waals surface area contributed by atoms with E-state index < -0.39 is 0 Å². The van der Waals surface area contributed by atoms with E-state index in [-0.39, 0.29) is 0 Å². The molecular formula is C32H18S6. The van der Waals surface area contributed by atoms with Gasteiger partial charge in [-0.2, -0.15) is 0 Å². The minimum atomic E-state index is 0.346. The highest BCUT2D eigenvalue weighted by atomic mass is 32.1. The molecule has 0 unspecified atom stereocenters. The van der Waals surface area contributed by atoms with Crippen molar-refractivity contribution >= 4 is 129 Å². The van der Waals surface area contributed by atoms with Crippen molar-refractivity contribution < 1.29 is 0 Å². The number of thiophene rings is 6. The average Bonchev–Trinajstić information content (AvgIpc) is 3.75. The van der Waals surface area contributed by atoms with Crippen LogP contribution in [0, 0.1) is 0 Å². The first-order valence-corrected chi connectivity index (χ1v) is 17.6. The number of benzene rings is 3. The van der Waals surface area contributed by atoms with Gasteiger partial charge >= 0.3 is 0 Å². The molecule has 0 aliphatic rings. The van der Waals surface area contributed by atoms with Crippen molar-refractivity contribution in [3.63, 3.8) is 0 Å². The molecule has 6 heterocycles. The molecular weight excluding hydrogens is 577 g/mol. The third-order valence-electron chi connectivity index (χ3n) is 7.58. The van der Waals surface area contributed by atoms with Gasteiger partial charge in [-0.1, -0.05) is 0 Å². The molecule has 182 valence electrons. The van der Waals surface area contributed by atoms with E-state index in [0.717, 1.165) is 6.42 Å². The summed E-state index contributed by atoms with van der Waals surface area (Å²) in [6.45, 7) is 0. The Morgan fingerprint density at radius 1 is 0.421 bits per heavy atom. The van der Waals surface area contributed by atoms with Crippen molar-refractivity contribution in [3.8, 4) is 0 Å². The van der Waals surface area contributed by atoms with E-state index in [1.807, 2.05) is 68.0 Å². The lowest BCUT2D eigenvalue weighted by molar-refractivity contribution is 0.854. The van der Waals surface area contributed by atoms with Gasteiger partial charge in [0.05, 0.1) is 0 Å². The Morgan fingerprint density at radius 2 is 0.842 bits per heavy atom. The fraction of sp³-hybridized carbons (Fsp3) is 0.0625. The number of rotatable bonds is 4. The Morgan fingerprint density at radius 3 is 1.34 bits per heavy atom. The van der Waals surface area contributed by atoms with Crippen LogP contribution >= 0.6 is 68.0 Å². The first kappa shape index (κ1) is 22.3. The summed E-state index contributed by atoms with van der Waals surface area (Å²) in [6.07, 6.45) is 1.03. The molecule has 0 nitrogen and oxygen atoms in total. The summed E-state index contributed by atoms with van der Waals surface area (Å²) < 4.78 is 8.33. The van der Waals surface area contributed by atoms with Crippen LogP contribution in [0.15, 0.2) is 88.9 Å². The Balaban J connectivity index is 1.24. The van der Waals surface area contributed by atoms with Crippen molar-refractivity contribution in [2.24, 2.45) is 0 Å². The third kappa shape index (κ3) is 3.35. The van der Waals surface area contributed by atoms with Gasteiger partial charge < -0.3 is 0 Å². The van der Waals surface area contributed by atoms with E-state index >= 15 is 0 Å². The van der Waals surface area contributed by atoms with Gasteiger partial charge in [0, 0.05) is 81.1 Å². The summed E-state index contributed by atoms with van der Waals surface area (Å²) in [5, 5.41) is 15.1. The summed E-state index contributed by atoms with van der Waals surface area (Å²) in [6, 6.07) is 28.2. The molecule has 0 fully saturated rings. The third-order valence-corrected chi connectivity index (χ3v) is 13.8. The van der Waals surface area contributed by atoms with Crippen LogP contribution in [0.1, 0.15) is 20.5 Å². The van der Waals surface area contributed by atoms with Gasteiger partial charge in [-0.05, 0) is 95.4 Å². The molecule has 38 heavy (non-hydrogen) atoms. The van der Waals surface area contributed by atoms with Crippen molar-refractivity contribution in [3.05, 3.63) is 104 Å². The molecule has 0 saturated carbocycles. The van der Waals surface area contributed by atoms with Gasteiger partial charge in [0.2, 0.25) is 0 Å². The summed E-state index contributed by atoms with van der Waals surface area (Å²) in [5.74, 6) is 0.346. The molecule has 0 N–H and O–H groups in total. The lowest BCUT2D eigenvalue weighted by Gasteiger charge is -2.12. The van der Waals surface area contributed by atoms with Crippen LogP contribution in [0.3, 0.4) is 0 Å². The fourth-order valence-corrected chi connectivity index (χ4v) is 11.8. The van der Waals surface area contributed by atoms with E-state index in [2.05, 4.69) is 88.9 Å². The van der Waals surface area contributed by atoms with E-state index in [1.54, 1.807) is 0 Å². The lowest BCUT2D eigenvalue weighted by atomic mass is 9.98. The largest absolute Gasteiger partial charge is 0.144 e. The van der Waals surface area contributed by atoms with E-state index in [1.165, 1.54) is 75.1 Å². The molecule has 0 radical (unpaired) electrons. The van der Waals surface area contributed by atoms with Crippen LogP contribution < -0.4 is 0 Å². The summed E-state index contributed by atoms with van der Waals surface area (Å²) in [5.41, 5.74) is 0. The van der Waals surface area contributed by atoms with Crippen molar-refractivity contribution in [2.75, 3.05) is 0 Å². The second-order valence-corrected chi connectivity index (χ2v) is 15.9. The van der Waals surface area contributed by atoms with Gasteiger partial charge in [-0.25, -0.2) is 0 Å². The highest BCUT2D eigenvalue weighted by molar-refractivity contribution is 7.22. The summed E-state index contributed by atoms with van der Waals surface area (Å²) in [4.78, 5) is 4.43. The fourth-order valence-electron chi connectivity index (χ4n) is 5.77. The smallest absolute Gasteiger partial charge is 0.0352 e. The first-order chi connectivity index (χ1) is 18.8. The predicted molar refractivity (Wildman–Crippen MR) is 177 cm³/mol. The highest BCUT2D eigenvalue weighted by Gasteiger charge is 2.23. The molecule has 0 atom stereocenters. The van der Waals surface area contributed by atoms with E-state index in [9.17, 15) is 0 Å². The van der Waals surface area contributed by atoms with Crippen molar-refractivity contribution in [1.29, 1.82) is 0 Å². The first-order valence-electron chi connectivity index (χ1n) is 12.5. The van der Waals surface area contributed by atoms with Crippen molar-refractivity contribution in [2.45, 2.75) is 12.3 Å². The van der Waals surface area contributed by atoms with Crippen molar-refractivity contribution in [1.82, 2.24) is 0 Å². The average molecular weight is 595 g/mol. The molecule has 0 spiro atoms. The molecule has 9 aromatic rings. The maximum absolute atomic E-state index is 2.49. The SMILES string of the molecule is c1cc2c(ccc3sc(CC(c4cc5c(ccc6sccc65)s4)c4cc5c(ccc6sccc65)s4)cc32)s1. The topological polar surface area (TPSA) is 0 Å². The van der Waals surface area contributed by atoms with Gasteiger partial charge in [-0.15, -0.1) is 68.0 Å². The highest BCUT2D eigenvalue weighted by Crippen LogP contribution is 2.46. The molecule has 3 aromatic carbocycles. The van der Waals surface area contributed by atoms with Crippen LogP contribution in [0.4, 0.5) is 0 Å². The molecule has 9 rings (SSSR count). The maximum Gasteiger partial charge on any atom is 0.0352 e. The summed E-state index contributed by atoms with van der Waals surface area (Å²) >= 11 is 11.5. The molecule has 6 aromatic heterocycles. The Kier molecular flexibility index (Phi) is 4.95. The normalized spacial score (nSPS) is 12.6. The molecule has 0 aliphatic heterocycles. The molecule has 0 saturated heterocycles. The van der Waals surface area contributed by atoms with Crippen LogP contribution in [-0.4, -0.2) is 0 Å². The molecule has 0 aliphatic carbocycles. The quantitative estimate of drug-likeness (QED) is 0.190. The Bertz CT molecular complexity index is 2180. The number of hydrogen-bond donors (Lipinski definition) is 0. The van der Waals surface area contributed by atoms with Crippen LogP contribution in [0.25, 0.3) is 60.5 Å². The number of hydrogen-bond acceptors (Lipinski definition) is 6.